The van der Waals surface area contributed by atoms with Gasteiger partial charge in [-0.25, -0.2) is 0 Å². The van der Waals surface area contributed by atoms with E-state index in [9.17, 15) is 26.7 Å². The van der Waals surface area contributed by atoms with Gasteiger partial charge >= 0.3 is 12.1 Å². The van der Waals surface area contributed by atoms with Gasteiger partial charge in [0.2, 0.25) is 0 Å². The summed E-state index contributed by atoms with van der Waals surface area (Å²) in [6, 6.07) is 7.16. The molecule has 0 heterocycles. The van der Waals surface area contributed by atoms with E-state index in [4.69, 9.17) is 0 Å². The van der Waals surface area contributed by atoms with Crippen LogP contribution in [0.4, 0.5) is 22.0 Å². The predicted molar refractivity (Wildman–Crippen MR) is 56.9 cm³/mol. The summed E-state index contributed by atoms with van der Waals surface area (Å²) in [5.74, 6) is -7.86. The molecule has 104 valence electrons. The van der Waals surface area contributed by atoms with Crippen molar-refractivity contribution in [3.05, 3.63) is 35.4 Å². The van der Waals surface area contributed by atoms with E-state index in [-0.39, 0.29) is 12.5 Å². The van der Waals surface area contributed by atoms with Crippen LogP contribution >= 0.6 is 0 Å². The highest BCUT2D eigenvalue weighted by molar-refractivity contribution is 5.84. The second kappa shape index (κ2) is 4.47. The fourth-order valence-electron chi connectivity index (χ4n) is 2.00. The molecule has 0 aliphatic heterocycles. The lowest BCUT2D eigenvalue weighted by atomic mass is 9.77. The quantitative estimate of drug-likeness (QED) is 0.847. The van der Waals surface area contributed by atoms with Gasteiger partial charge in [-0.1, -0.05) is 24.3 Å². The molecule has 1 N–H and O–H groups in total. The molecule has 1 unspecified atom stereocenters. The van der Waals surface area contributed by atoms with Crippen LogP contribution in [0.1, 0.15) is 17.0 Å². The third-order valence-corrected chi connectivity index (χ3v) is 3.11. The van der Waals surface area contributed by atoms with Crippen molar-refractivity contribution in [2.24, 2.45) is 0 Å². The fourth-order valence-corrected chi connectivity index (χ4v) is 2.00. The topological polar surface area (TPSA) is 29.1 Å². The Morgan fingerprint density at radius 1 is 1.21 bits per heavy atom. The van der Waals surface area contributed by atoms with Crippen molar-refractivity contribution in [1.82, 2.24) is 5.32 Å². The van der Waals surface area contributed by atoms with Gasteiger partial charge in [0.05, 0.1) is 0 Å². The van der Waals surface area contributed by atoms with Crippen molar-refractivity contribution < 1.29 is 26.7 Å². The Bertz CT molecular complexity index is 497. The standard InChI is InChI=1S/C12H10F5NO/c13-11(14,12(15,16)17)10(19)18-6-8-5-7-3-1-2-4-9(7)8/h1-4,8H,5-6H2,(H,18,19). The lowest BCUT2D eigenvalue weighted by Gasteiger charge is -2.30. The molecule has 1 aliphatic rings. The van der Waals surface area contributed by atoms with Gasteiger partial charge in [-0.05, 0) is 17.5 Å². The molecule has 19 heavy (non-hydrogen) atoms. The van der Waals surface area contributed by atoms with Crippen LogP contribution in [0.15, 0.2) is 24.3 Å². The SMILES string of the molecule is O=C(NCC1Cc2ccccc21)C(F)(F)C(F)(F)F. The van der Waals surface area contributed by atoms with E-state index in [1.54, 1.807) is 17.4 Å². The van der Waals surface area contributed by atoms with Gasteiger partial charge in [-0.2, -0.15) is 22.0 Å². The zero-order valence-electron chi connectivity index (χ0n) is 9.60. The molecule has 0 saturated carbocycles. The van der Waals surface area contributed by atoms with Gasteiger partial charge in [0.1, 0.15) is 0 Å². The first-order valence-electron chi connectivity index (χ1n) is 5.54. The van der Waals surface area contributed by atoms with E-state index in [0.29, 0.717) is 6.42 Å². The fraction of sp³-hybridized carbons (Fsp3) is 0.417. The number of amides is 1. The van der Waals surface area contributed by atoms with Crippen molar-refractivity contribution in [2.45, 2.75) is 24.4 Å². The number of alkyl halides is 5. The largest absolute Gasteiger partial charge is 0.463 e. The lowest BCUT2D eigenvalue weighted by Crippen LogP contribution is -2.51. The summed E-state index contributed by atoms with van der Waals surface area (Å²) in [6.07, 6.45) is -5.30. The second-order valence-electron chi connectivity index (χ2n) is 4.38. The number of hydrogen-bond acceptors (Lipinski definition) is 1. The van der Waals surface area contributed by atoms with Crippen LogP contribution in [0, 0.1) is 0 Å². The van der Waals surface area contributed by atoms with Gasteiger partial charge < -0.3 is 5.32 Å². The molecule has 1 amide bonds. The third kappa shape index (κ3) is 2.41. The summed E-state index contributed by atoms with van der Waals surface area (Å²) in [7, 11) is 0. The smallest absolute Gasteiger partial charge is 0.350 e. The first-order valence-corrected chi connectivity index (χ1v) is 5.54. The zero-order chi connectivity index (χ0) is 14.3. The molecule has 0 fully saturated rings. The summed E-state index contributed by atoms with van der Waals surface area (Å²) in [6.45, 7) is -0.221. The van der Waals surface area contributed by atoms with Crippen LogP contribution in [0.25, 0.3) is 0 Å². The molecule has 2 rings (SSSR count). The highest BCUT2D eigenvalue weighted by Gasteiger charge is 2.63. The van der Waals surface area contributed by atoms with Crippen LogP contribution < -0.4 is 5.32 Å². The molecule has 2 nitrogen and oxygen atoms in total. The number of carbonyl (C=O) groups excluding carboxylic acids is 1. The monoisotopic (exact) mass is 279 g/mol. The van der Waals surface area contributed by atoms with E-state index in [1.165, 1.54) is 0 Å². The second-order valence-corrected chi connectivity index (χ2v) is 4.38. The average Bonchev–Trinajstić information content (AvgIpc) is 2.28. The van der Waals surface area contributed by atoms with E-state index < -0.39 is 18.0 Å². The van der Waals surface area contributed by atoms with Gasteiger partial charge in [0.25, 0.3) is 5.91 Å². The Kier molecular flexibility index (Phi) is 3.24. The van der Waals surface area contributed by atoms with Gasteiger partial charge in [-0.15, -0.1) is 0 Å². The Hall–Kier alpha value is -1.66. The first-order chi connectivity index (χ1) is 8.73. The molecule has 1 aromatic rings. The summed E-state index contributed by atoms with van der Waals surface area (Å²) in [4.78, 5) is 10.9. The van der Waals surface area contributed by atoms with Gasteiger partial charge in [-0.3, -0.25) is 4.79 Å². The van der Waals surface area contributed by atoms with Crippen molar-refractivity contribution in [3.8, 4) is 0 Å². The molecule has 0 bridgehead atoms. The maximum atomic E-state index is 12.7. The van der Waals surface area contributed by atoms with E-state index >= 15 is 0 Å². The van der Waals surface area contributed by atoms with E-state index in [0.717, 1.165) is 11.1 Å². The summed E-state index contributed by atoms with van der Waals surface area (Å²) in [5, 5.41) is 1.66. The van der Waals surface area contributed by atoms with Crippen LogP contribution in [-0.2, 0) is 11.2 Å². The van der Waals surface area contributed by atoms with E-state index in [2.05, 4.69) is 0 Å². The molecule has 0 aromatic heterocycles. The maximum absolute atomic E-state index is 12.7. The van der Waals surface area contributed by atoms with Crippen LogP contribution in [0.5, 0.6) is 0 Å². The predicted octanol–water partition coefficient (Wildman–Crippen LogP) is 2.64. The molecule has 1 atom stereocenters. The normalized spacial score (nSPS) is 18.5. The summed E-state index contributed by atoms with van der Waals surface area (Å²) >= 11 is 0. The number of carbonyl (C=O) groups is 1. The van der Waals surface area contributed by atoms with E-state index in [1.807, 2.05) is 12.1 Å². The third-order valence-electron chi connectivity index (χ3n) is 3.11. The Morgan fingerprint density at radius 3 is 2.42 bits per heavy atom. The van der Waals surface area contributed by atoms with Crippen molar-refractivity contribution in [3.63, 3.8) is 0 Å². The lowest BCUT2D eigenvalue weighted by molar-refractivity contribution is -0.269. The molecule has 7 heteroatoms. The highest BCUT2D eigenvalue weighted by atomic mass is 19.4. The average molecular weight is 279 g/mol. The minimum absolute atomic E-state index is 0.204. The Labute approximate surface area is 105 Å². The number of rotatable bonds is 3. The Balaban J connectivity index is 1.93. The van der Waals surface area contributed by atoms with Crippen molar-refractivity contribution in [2.75, 3.05) is 6.54 Å². The van der Waals surface area contributed by atoms with Crippen molar-refractivity contribution in [1.29, 1.82) is 0 Å². The number of hydrogen-bond donors (Lipinski definition) is 1. The van der Waals surface area contributed by atoms with Gasteiger partial charge in [0.15, 0.2) is 0 Å². The molecular formula is C12H10F5NO. The minimum Gasteiger partial charge on any atom is -0.350 e. The molecule has 0 radical (unpaired) electrons. The van der Waals surface area contributed by atoms with Crippen LogP contribution in [0.2, 0.25) is 0 Å². The number of benzene rings is 1. The molecule has 1 aromatic carbocycles. The van der Waals surface area contributed by atoms with Gasteiger partial charge in [0, 0.05) is 12.5 Å². The summed E-state index contributed by atoms with van der Waals surface area (Å²) in [5.41, 5.74) is 1.89. The summed E-state index contributed by atoms with van der Waals surface area (Å²) < 4.78 is 61.1. The van der Waals surface area contributed by atoms with Crippen LogP contribution in [-0.4, -0.2) is 24.6 Å². The zero-order valence-corrected chi connectivity index (χ0v) is 9.60. The first kappa shape index (κ1) is 13.8. The Morgan fingerprint density at radius 2 is 1.84 bits per heavy atom. The van der Waals surface area contributed by atoms with Crippen LogP contribution in [0.3, 0.4) is 0 Å². The highest BCUT2D eigenvalue weighted by Crippen LogP contribution is 2.37. The molecule has 0 spiro atoms. The number of fused-ring (bicyclic) bond motifs is 1. The number of nitrogens with one attached hydrogen (secondary N) is 1. The molecule has 0 saturated heterocycles. The number of halogens is 5. The minimum atomic E-state index is -5.87. The molecule has 1 aliphatic carbocycles. The van der Waals surface area contributed by atoms with Crippen molar-refractivity contribution >= 4 is 5.91 Å². The maximum Gasteiger partial charge on any atom is 0.463 e. The molecular weight excluding hydrogens is 269 g/mol.